The van der Waals surface area contributed by atoms with Crippen molar-refractivity contribution in [1.82, 2.24) is 9.80 Å². The zero-order chi connectivity index (χ0) is 18.7. The zero-order valence-corrected chi connectivity index (χ0v) is 16.2. The molecular formula is C21H32N2O3. The molecule has 0 saturated carbocycles. The summed E-state index contributed by atoms with van der Waals surface area (Å²) in [5.74, 6) is -0.412. The van der Waals surface area contributed by atoms with Gasteiger partial charge in [-0.2, -0.15) is 0 Å². The van der Waals surface area contributed by atoms with Gasteiger partial charge in [0.25, 0.3) is 5.91 Å². The van der Waals surface area contributed by atoms with E-state index in [1.807, 2.05) is 42.2 Å². The van der Waals surface area contributed by atoms with Crippen molar-refractivity contribution < 1.29 is 14.6 Å². The Morgan fingerprint density at radius 3 is 2.50 bits per heavy atom. The van der Waals surface area contributed by atoms with E-state index in [4.69, 9.17) is 4.74 Å². The molecule has 1 aromatic carbocycles. The second-order valence-corrected chi connectivity index (χ2v) is 7.97. The Balaban J connectivity index is 1.65. The first-order chi connectivity index (χ1) is 12.4. The van der Waals surface area contributed by atoms with Gasteiger partial charge in [-0.05, 0) is 32.3 Å². The Hall–Kier alpha value is -1.43. The van der Waals surface area contributed by atoms with Crippen LogP contribution in [0.3, 0.4) is 0 Å². The van der Waals surface area contributed by atoms with Gasteiger partial charge in [0.1, 0.15) is 5.60 Å². The number of hydrogen-bond donors (Lipinski definition) is 1. The lowest BCUT2D eigenvalue weighted by molar-refractivity contribution is -0.157. The molecule has 1 N–H and O–H groups in total. The standard InChI is InChI=1S/C21H32N2O3/c1-16-15-22(19-9-13-26-14-10-19)11-12-23(16)20(24)21(3,25)17(2)18-7-5-4-6-8-18/h4-8,16-17,19,25H,9-15H2,1-3H3/t16-,17?,21?/m1/s1. The predicted molar refractivity (Wildman–Crippen MR) is 102 cm³/mol. The highest BCUT2D eigenvalue weighted by molar-refractivity contribution is 5.86. The SMILES string of the molecule is CC(c1ccccc1)C(C)(O)C(=O)N1CCN(C2CCOCC2)C[C@H]1C. The van der Waals surface area contributed by atoms with Gasteiger partial charge in [0.2, 0.25) is 0 Å². The molecule has 2 fully saturated rings. The van der Waals surface area contributed by atoms with Crippen LogP contribution in [0, 0.1) is 0 Å². The summed E-state index contributed by atoms with van der Waals surface area (Å²) in [5, 5.41) is 11.1. The van der Waals surface area contributed by atoms with Crippen molar-refractivity contribution >= 4 is 5.91 Å². The van der Waals surface area contributed by atoms with Gasteiger partial charge in [0.15, 0.2) is 0 Å². The third-order valence-electron chi connectivity index (χ3n) is 6.20. The van der Waals surface area contributed by atoms with Crippen LogP contribution < -0.4 is 0 Å². The minimum absolute atomic E-state index is 0.105. The lowest BCUT2D eigenvalue weighted by Crippen LogP contribution is -2.61. The Labute approximate surface area is 156 Å². The molecule has 2 aliphatic heterocycles. The van der Waals surface area contributed by atoms with Gasteiger partial charge < -0.3 is 14.7 Å². The van der Waals surface area contributed by atoms with E-state index in [0.717, 1.165) is 44.7 Å². The van der Waals surface area contributed by atoms with Crippen LogP contribution in [0.5, 0.6) is 0 Å². The maximum absolute atomic E-state index is 13.2. The number of ether oxygens (including phenoxy) is 1. The maximum Gasteiger partial charge on any atom is 0.255 e. The molecule has 2 unspecified atom stereocenters. The summed E-state index contributed by atoms with van der Waals surface area (Å²) in [5.41, 5.74) is -0.421. The number of carbonyl (C=O) groups excluding carboxylic acids is 1. The van der Waals surface area contributed by atoms with Crippen molar-refractivity contribution in [3.63, 3.8) is 0 Å². The molecule has 2 saturated heterocycles. The molecule has 3 atom stereocenters. The van der Waals surface area contributed by atoms with Crippen molar-refractivity contribution in [3.05, 3.63) is 35.9 Å². The van der Waals surface area contributed by atoms with E-state index < -0.39 is 5.60 Å². The van der Waals surface area contributed by atoms with E-state index >= 15 is 0 Å². The van der Waals surface area contributed by atoms with Crippen LogP contribution >= 0.6 is 0 Å². The quantitative estimate of drug-likeness (QED) is 0.895. The summed E-state index contributed by atoms with van der Waals surface area (Å²) < 4.78 is 5.47. The van der Waals surface area contributed by atoms with Crippen molar-refractivity contribution in [1.29, 1.82) is 0 Å². The van der Waals surface area contributed by atoms with Crippen LogP contribution in [0.4, 0.5) is 0 Å². The van der Waals surface area contributed by atoms with E-state index in [1.165, 1.54) is 0 Å². The second kappa shape index (κ2) is 8.07. The lowest BCUT2D eigenvalue weighted by Gasteiger charge is -2.46. The summed E-state index contributed by atoms with van der Waals surface area (Å²) >= 11 is 0. The molecule has 1 amide bonds. The van der Waals surface area contributed by atoms with Gasteiger partial charge >= 0.3 is 0 Å². The number of aliphatic hydroxyl groups is 1. The molecule has 0 aromatic heterocycles. The number of piperazine rings is 1. The minimum Gasteiger partial charge on any atom is -0.381 e. The molecule has 2 aliphatic rings. The molecule has 144 valence electrons. The molecule has 0 spiro atoms. The fourth-order valence-electron chi connectivity index (χ4n) is 4.21. The van der Waals surface area contributed by atoms with Gasteiger partial charge in [-0.15, -0.1) is 0 Å². The van der Waals surface area contributed by atoms with E-state index in [9.17, 15) is 9.90 Å². The van der Waals surface area contributed by atoms with Crippen LogP contribution in [0.15, 0.2) is 30.3 Å². The second-order valence-electron chi connectivity index (χ2n) is 7.97. The van der Waals surface area contributed by atoms with Crippen molar-refractivity contribution in [2.75, 3.05) is 32.8 Å². The van der Waals surface area contributed by atoms with Crippen molar-refractivity contribution in [2.24, 2.45) is 0 Å². The number of rotatable bonds is 4. The average molecular weight is 360 g/mol. The highest BCUT2D eigenvalue weighted by atomic mass is 16.5. The first-order valence-corrected chi connectivity index (χ1v) is 9.81. The van der Waals surface area contributed by atoms with Crippen LogP contribution in [-0.2, 0) is 9.53 Å². The summed E-state index contributed by atoms with van der Waals surface area (Å²) in [6.45, 7) is 9.76. The van der Waals surface area contributed by atoms with Gasteiger partial charge in [0.05, 0.1) is 0 Å². The third kappa shape index (κ3) is 3.95. The average Bonchev–Trinajstić information content (AvgIpc) is 2.68. The Bertz CT molecular complexity index is 599. The molecule has 1 aromatic rings. The number of carbonyl (C=O) groups is 1. The number of hydrogen-bond acceptors (Lipinski definition) is 4. The molecule has 0 bridgehead atoms. The topological polar surface area (TPSA) is 53.0 Å². The molecule has 5 nitrogen and oxygen atoms in total. The van der Waals surface area contributed by atoms with E-state index in [-0.39, 0.29) is 17.9 Å². The van der Waals surface area contributed by atoms with Crippen molar-refractivity contribution in [3.8, 4) is 0 Å². The summed E-state index contributed by atoms with van der Waals surface area (Å²) in [7, 11) is 0. The lowest BCUT2D eigenvalue weighted by atomic mass is 9.83. The minimum atomic E-state index is -1.41. The monoisotopic (exact) mass is 360 g/mol. The molecule has 0 radical (unpaired) electrons. The van der Waals surface area contributed by atoms with E-state index in [1.54, 1.807) is 6.92 Å². The first-order valence-electron chi connectivity index (χ1n) is 9.81. The Kier molecular flexibility index (Phi) is 6.00. The van der Waals surface area contributed by atoms with Crippen LogP contribution in [-0.4, -0.2) is 71.3 Å². The fourth-order valence-corrected chi connectivity index (χ4v) is 4.21. The molecule has 5 heteroatoms. The summed E-state index contributed by atoms with van der Waals surface area (Å²) in [4.78, 5) is 17.5. The summed E-state index contributed by atoms with van der Waals surface area (Å²) in [6.07, 6.45) is 2.15. The summed E-state index contributed by atoms with van der Waals surface area (Å²) in [6, 6.07) is 10.5. The predicted octanol–water partition coefficient (Wildman–Crippen LogP) is 2.25. The molecular weight excluding hydrogens is 328 g/mol. The van der Waals surface area contributed by atoms with Gasteiger partial charge in [0, 0.05) is 50.8 Å². The maximum atomic E-state index is 13.2. The Morgan fingerprint density at radius 2 is 1.88 bits per heavy atom. The highest BCUT2D eigenvalue weighted by Gasteiger charge is 2.43. The van der Waals surface area contributed by atoms with Crippen molar-refractivity contribution in [2.45, 2.75) is 57.2 Å². The first kappa shape index (κ1) is 19.3. The van der Waals surface area contributed by atoms with E-state index in [2.05, 4.69) is 11.8 Å². The third-order valence-corrected chi connectivity index (χ3v) is 6.20. The largest absolute Gasteiger partial charge is 0.381 e. The molecule has 2 heterocycles. The van der Waals surface area contributed by atoms with Gasteiger partial charge in [-0.1, -0.05) is 37.3 Å². The van der Waals surface area contributed by atoms with Crippen LogP contribution in [0.2, 0.25) is 0 Å². The zero-order valence-electron chi connectivity index (χ0n) is 16.2. The smallest absolute Gasteiger partial charge is 0.255 e. The Morgan fingerprint density at radius 1 is 1.23 bits per heavy atom. The fraction of sp³-hybridized carbons (Fsp3) is 0.667. The molecule has 26 heavy (non-hydrogen) atoms. The van der Waals surface area contributed by atoms with Gasteiger partial charge in [-0.25, -0.2) is 0 Å². The number of benzene rings is 1. The number of nitrogens with zero attached hydrogens (tertiary/aromatic N) is 2. The van der Waals surface area contributed by atoms with Gasteiger partial charge in [-0.3, -0.25) is 9.69 Å². The normalized spacial score (nSPS) is 26.3. The number of amides is 1. The molecule has 0 aliphatic carbocycles. The highest BCUT2D eigenvalue weighted by Crippen LogP contribution is 2.31. The van der Waals surface area contributed by atoms with E-state index in [0.29, 0.717) is 12.6 Å². The van der Waals surface area contributed by atoms with Crippen LogP contribution in [0.1, 0.15) is 45.1 Å². The van der Waals surface area contributed by atoms with Crippen LogP contribution in [0.25, 0.3) is 0 Å². The molecule has 3 rings (SSSR count).